The van der Waals surface area contributed by atoms with Crippen LogP contribution in [0, 0.1) is 0 Å². The summed E-state index contributed by atoms with van der Waals surface area (Å²) >= 11 is 6.86. The van der Waals surface area contributed by atoms with Gasteiger partial charge in [0.1, 0.15) is 0 Å². The number of rotatable bonds is 2. The molecule has 1 aromatic rings. The van der Waals surface area contributed by atoms with E-state index in [2.05, 4.69) is 36.8 Å². The van der Waals surface area contributed by atoms with Crippen LogP contribution >= 0.6 is 31.9 Å². The van der Waals surface area contributed by atoms with E-state index in [1.165, 1.54) is 5.56 Å². The summed E-state index contributed by atoms with van der Waals surface area (Å²) in [6.07, 6.45) is 4.41. The molecular formula is C8H10Br2N2. The monoisotopic (exact) mass is 292 g/mol. The van der Waals surface area contributed by atoms with Crippen LogP contribution in [0.5, 0.6) is 0 Å². The first-order chi connectivity index (χ1) is 5.61. The lowest BCUT2D eigenvalue weighted by atomic mass is 10.1. The zero-order valence-corrected chi connectivity index (χ0v) is 9.89. The quantitative estimate of drug-likeness (QED) is 0.910. The summed E-state index contributed by atoms with van der Waals surface area (Å²) in [6, 6.07) is 0.167. The summed E-state index contributed by atoms with van der Waals surface area (Å²) in [7, 11) is 0. The molecule has 1 heterocycles. The number of nitrogens with zero attached hydrogens (tertiary/aromatic N) is 1. The van der Waals surface area contributed by atoms with Gasteiger partial charge >= 0.3 is 0 Å². The lowest BCUT2D eigenvalue weighted by molar-refractivity contribution is 0.732. The zero-order valence-electron chi connectivity index (χ0n) is 6.72. The first-order valence-corrected chi connectivity index (χ1v) is 5.23. The maximum Gasteiger partial charge on any atom is 0.0413 e. The van der Waals surface area contributed by atoms with Gasteiger partial charge in [-0.2, -0.15) is 0 Å². The average Bonchev–Trinajstić information content (AvgIpc) is 1.97. The van der Waals surface area contributed by atoms with Gasteiger partial charge in [-0.15, -0.1) is 0 Å². The van der Waals surface area contributed by atoms with Crippen molar-refractivity contribution in [3.8, 4) is 0 Å². The van der Waals surface area contributed by atoms with Crippen LogP contribution in [-0.4, -0.2) is 11.0 Å². The molecule has 0 aliphatic rings. The number of nitrogens with two attached hydrogens (primary N) is 1. The van der Waals surface area contributed by atoms with Crippen LogP contribution in [0.1, 0.15) is 12.5 Å². The Balaban J connectivity index is 2.96. The van der Waals surface area contributed by atoms with Gasteiger partial charge < -0.3 is 5.73 Å². The lowest BCUT2D eigenvalue weighted by Crippen LogP contribution is -2.18. The topological polar surface area (TPSA) is 38.9 Å². The molecule has 12 heavy (non-hydrogen) atoms. The highest BCUT2D eigenvalue weighted by molar-refractivity contribution is 9.11. The molecule has 0 bridgehead atoms. The molecular weight excluding hydrogens is 284 g/mol. The lowest BCUT2D eigenvalue weighted by Gasteiger charge is -2.08. The minimum Gasteiger partial charge on any atom is -0.328 e. The van der Waals surface area contributed by atoms with Crippen molar-refractivity contribution >= 4 is 31.9 Å². The van der Waals surface area contributed by atoms with Crippen molar-refractivity contribution in [2.45, 2.75) is 19.4 Å². The second kappa shape index (κ2) is 4.35. The summed E-state index contributed by atoms with van der Waals surface area (Å²) in [6.45, 7) is 1.99. The Kier molecular flexibility index (Phi) is 3.68. The van der Waals surface area contributed by atoms with Crippen LogP contribution in [0.25, 0.3) is 0 Å². The highest BCUT2D eigenvalue weighted by Gasteiger charge is 2.06. The van der Waals surface area contributed by atoms with Crippen LogP contribution in [0.2, 0.25) is 0 Å². The third kappa shape index (κ3) is 2.54. The summed E-state index contributed by atoms with van der Waals surface area (Å²) in [5.41, 5.74) is 6.88. The maximum absolute atomic E-state index is 5.70. The molecule has 0 aliphatic carbocycles. The Morgan fingerprint density at radius 1 is 1.42 bits per heavy atom. The van der Waals surface area contributed by atoms with Crippen LogP contribution in [0.3, 0.4) is 0 Å². The van der Waals surface area contributed by atoms with Crippen molar-refractivity contribution in [2.24, 2.45) is 5.73 Å². The summed E-state index contributed by atoms with van der Waals surface area (Å²) in [4.78, 5) is 4.02. The van der Waals surface area contributed by atoms with Crippen LogP contribution in [-0.2, 0) is 6.42 Å². The minimum atomic E-state index is 0.167. The molecule has 0 spiro atoms. The molecule has 4 heteroatoms. The number of pyridine rings is 1. The predicted molar refractivity (Wildman–Crippen MR) is 57.0 cm³/mol. The molecule has 0 amide bonds. The molecule has 0 saturated heterocycles. The molecule has 1 aromatic heterocycles. The van der Waals surface area contributed by atoms with Gasteiger partial charge in [0.15, 0.2) is 0 Å². The van der Waals surface area contributed by atoms with E-state index >= 15 is 0 Å². The summed E-state index contributed by atoms with van der Waals surface area (Å²) in [5.74, 6) is 0. The fourth-order valence-corrected chi connectivity index (χ4v) is 2.21. The fourth-order valence-electron chi connectivity index (χ4n) is 0.955. The number of hydrogen-bond acceptors (Lipinski definition) is 2. The Labute approximate surface area is 88.8 Å². The molecule has 0 radical (unpaired) electrons. The smallest absolute Gasteiger partial charge is 0.0413 e. The molecule has 0 saturated carbocycles. The second-order valence-corrected chi connectivity index (χ2v) is 4.47. The molecule has 1 rings (SSSR count). The molecule has 2 nitrogen and oxygen atoms in total. The van der Waals surface area contributed by atoms with Gasteiger partial charge in [0.05, 0.1) is 0 Å². The van der Waals surface area contributed by atoms with E-state index < -0.39 is 0 Å². The Morgan fingerprint density at radius 2 is 1.92 bits per heavy atom. The van der Waals surface area contributed by atoms with Crippen LogP contribution < -0.4 is 5.73 Å². The second-order valence-electron chi connectivity index (χ2n) is 2.76. The summed E-state index contributed by atoms with van der Waals surface area (Å²) in [5, 5.41) is 0. The van der Waals surface area contributed by atoms with Crippen LogP contribution in [0.15, 0.2) is 21.3 Å². The summed E-state index contributed by atoms with van der Waals surface area (Å²) < 4.78 is 2.02. The van der Waals surface area contributed by atoms with Gasteiger partial charge in [-0.25, -0.2) is 0 Å². The van der Waals surface area contributed by atoms with Gasteiger partial charge in [0.2, 0.25) is 0 Å². The van der Waals surface area contributed by atoms with Gasteiger partial charge in [-0.1, -0.05) is 0 Å². The van der Waals surface area contributed by atoms with Crippen LogP contribution in [0.4, 0.5) is 0 Å². The minimum absolute atomic E-state index is 0.167. The van der Waals surface area contributed by atoms with E-state index in [0.717, 1.165) is 15.4 Å². The molecule has 0 fully saturated rings. The van der Waals surface area contributed by atoms with Crippen molar-refractivity contribution in [3.05, 3.63) is 26.9 Å². The predicted octanol–water partition coefficient (Wildman–Crippen LogP) is 2.50. The first kappa shape index (κ1) is 10.2. The van der Waals surface area contributed by atoms with Crippen molar-refractivity contribution < 1.29 is 0 Å². The standard InChI is InChI=1S/C8H10Br2N2/c1-5(11)2-6-7(9)3-12-4-8(6)10/h3-5H,2,11H2,1H3. The normalized spacial score (nSPS) is 13.0. The Bertz CT molecular complexity index is 254. The zero-order chi connectivity index (χ0) is 9.14. The van der Waals surface area contributed by atoms with Gasteiger partial charge in [0, 0.05) is 27.4 Å². The molecule has 1 unspecified atom stereocenters. The highest BCUT2D eigenvalue weighted by Crippen LogP contribution is 2.24. The van der Waals surface area contributed by atoms with Gasteiger partial charge in [0.25, 0.3) is 0 Å². The Hall–Kier alpha value is 0.0700. The van der Waals surface area contributed by atoms with E-state index in [-0.39, 0.29) is 6.04 Å². The SMILES string of the molecule is CC(N)Cc1c(Br)cncc1Br. The number of hydrogen-bond donors (Lipinski definition) is 1. The van der Waals surface area contributed by atoms with E-state index in [1.807, 2.05) is 6.92 Å². The van der Waals surface area contributed by atoms with Crippen molar-refractivity contribution in [3.63, 3.8) is 0 Å². The van der Waals surface area contributed by atoms with E-state index in [0.29, 0.717) is 0 Å². The van der Waals surface area contributed by atoms with Crippen molar-refractivity contribution in [1.29, 1.82) is 0 Å². The van der Waals surface area contributed by atoms with Crippen molar-refractivity contribution in [1.82, 2.24) is 4.98 Å². The molecule has 2 N–H and O–H groups in total. The highest BCUT2D eigenvalue weighted by atomic mass is 79.9. The maximum atomic E-state index is 5.70. The first-order valence-electron chi connectivity index (χ1n) is 3.64. The van der Waals surface area contributed by atoms with Gasteiger partial charge in [-0.3, -0.25) is 4.98 Å². The van der Waals surface area contributed by atoms with E-state index in [4.69, 9.17) is 5.73 Å². The molecule has 1 atom stereocenters. The third-order valence-electron chi connectivity index (χ3n) is 1.48. The molecule has 0 aliphatic heterocycles. The Morgan fingerprint density at radius 3 is 2.33 bits per heavy atom. The van der Waals surface area contributed by atoms with Crippen molar-refractivity contribution in [2.75, 3.05) is 0 Å². The van der Waals surface area contributed by atoms with E-state index in [9.17, 15) is 0 Å². The third-order valence-corrected chi connectivity index (χ3v) is 2.85. The van der Waals surface area contributed by atoms with Gasteiger partial charge in [-0.05, 0) is 50.8 Å². The van der Waals surface area contributed by atoms with E-state index in [1.54, 1.807) is 12.4 Å². The number of aromatic nitrogens is 1. The molecule has 66 valence electrons. The molecule has 0 aromatic carbocycles. The largest absolute Gasteiger partial charge is 0.328 e. The number of halogens is 2. The fraction of sp³-hybridized carbons (Fsp3) is 0.375. The average molecular weight is 294 g/mol.